The summed E-state index contributed by atoms with van der Waals surface area (Å²) >= 11 is 0. The maximum absolute atomic E-state index is 14.9. The van der Waals surface area contributed by atoms with E-state index in [0.29, 0.717) is 57.5 Å². The van der Waals surface area contributed by atoms with Crippen LogP contribution in [0.1, 0.15) is 88.2 Å². The molecule has 22 nitrogen and oxygen atoms in total. The van der Waals surface area contributed by atoms with Gasteiger partial charge in [0.05, 0.1) is 0 Å². The van der Waals surface area contributed by atoms with Crippen LogP contribution in [0.3, 0.4) is 0 Å². The predicted molar refractivity (Wildman–Crippen MR) is 233 cm³/mol. The molecule has 0 radical (unpaired) electrons. The van der Waals surface area contributed by atoms with Crippen LogP contribution in [0.15, 0.2) is 60.7 Å². The summed E-state index contributed by atoms with van der Waals surface area (Å²) in [5.74, 6) is -2.98. The number of nitrogens with one attached hydrogen (secondary N) is 4. The van der Waals surface area contributed by atoms with Crippen molar-refractivity contribution in [3.63, 3.8) is 0 Å². The highest BCUT2D eigenvalue weighted by atomic mass is 17.8. The average Bonchev–Trinajstić information content (AvgIpc) is 3.34. The van der Waals surface area contributed by atoms with E-state index in [1.165, 1.54) is 0 Å². The Kier molecular flexibility index (Phi) is 17.0. The Morgan fingerprint density at radius 3 is 1.43 bits per heavy atom. The molecule has 364 valence electrons. The van der Waals surface area contributed by atoms with Crippen molar-refractivity contribution in [3.8, 4) is 24.4 Å². The fraction of sp³-hybridized carbons (Fsp3) is 0.435. The first-order valence-corrected chi connectivity index (χ1v) is 21.9. The zero-order chi connectivity index (χ0) is 47.9. The zero-order valence-corrected chi connectivity index (χ0v) is 37.0. The van der Waals surface area contributed by atoms with Crippen molar-refractivity contribution in [1.29, 1.82) is 0 Å². The van der Waals surface area contributed by atoms with Crippen molar-refractivity contribution in [3.05, 3.63) is 71.8 Å². The van der Waals surface area contributed by atoms with Crippen molar-refractivity contribution in [2.75, 3.05) is 47.7 Å². The fourth-order valence-electron chi connectivity index (χ4n) is 8.72. The number of rotatable bonds is 24. The van der Waals surface area contributed by atoms with Gasteiger partial charge >= 0.3 is 11.9 Å². The number of esters is 2. The summed E-state index contributed by atoms with van der Waals surface area (Å²) in [6.07, 6.45) is 10.9. The van der Waals surface area contributed by atoms with Crippen LogP contribution < -0.4 is 31.5 Å². The molecule has 4 aromatic rings. The molecule has 2 atom stereocenters. The molecule has 3 aliphatic rings. The van der Waals surface area contributed by atoms with Gasteiger partial charge in [0.2, 0.25) is 12.2 Å². The quantitative estimate of drug-likeness (QED) is 0.0175. The van der Waals surface area contributed by atoms with Gasteiger partial charge in [0.15, 0.2) is 23.5 Å². The minimum Gasteiger partial charge on any atom is -0.851 e. The Bertz CT molecular complexity index is 2330. The number of anilines is 4. The molecule has 0 amide bonds. The Balaban J connectivity index is 1.20. The van der Waals surface area contributed by atoms with Crippen molar-refractivity contribution in [2.45, 2.75) is 101 Å². The molecule has 0 spiro atoms. The van der Waals surface area contributed by atoms with Crippen LogP contribution in [-0.4, -0.2) is 72.4 Å². The summed E-state index contributed by atoms with van der Waals surface area (Å²) < 4.78 is 22.8. The van der Waals surface area contributed by atoms with Gasteiger partial charge in [-0.05, 0) is 68.8 Å². The highest BCUT2D eigenvalue weighted by molar-refractivity contribution is 6.08. The van der Waals surface area contributed by atoms with Crippen LogP contribution in [0.25, 0.3) is 21.5 Å². The van der Waals surface area contributed by atoms with Crippen molar-refractivity contribution < 1.29 is 89.3 Å². The van der Waals surface area contributed by atoms with E-state index in [9.17, 15) is 19.8 Å². The predicted octanol–water partition coefficient (Wildman–Crippen LogP) is 5.09. The highest BCUT2D eigenvalue weighted by Gasteiger charge is 2.46. The Hall–Kier alpha value is -6.54. The molecule has 6 N–H and O–H groups in total. The minimum absolute atomic E-state index is 0.192. The van der Waals surface area contributed by atoms with E-state index < -0.39 is 47.3 Å². The first kappa shape index (κ1) is 49.4. The average molecular weight is 947 g/mol. The van der Waals surface area contributed by atoms with Gasteiger partial charge in [-0.2, -0.15) is 0 Å². The molecule has 1 saturated carbocycles. The number of ether oxygens (including phenoxy) is 4. The third kappa shape index (κ3) is 11.4. The lowest BCUT2D eigenvalue weighted by atomic mass is 9.62. The molecule has 22 heteroatoms. The summed E-state index contributed by atoms with van der Waals surface area (Å²) in [7, 11) is 0. The van der Waals surface area contributed by atoms with Gasteiger partial charge in [0.25, 0.3) is 0 Å². The Labute approximate surface area is 389 Å². The lowest BCUT2D eigenvalue weighted by Gasteiger charge is -2.62. The number of benzene rings is 4. The summed E-state index contributed by atoms with van der Waals surface area (Å²) in [5.41, 5.74) is 0.293. The first-order valence-electron chi connectivity index (χ1n) is 21.9. The van der Waals surface area contributed by atoms with E-state index in [-0.39, 0.29) is 39.3 Å². The molecular formula is C46H50N4O18-2. The summed E-state index contributed by atoms with van der Waals surface area (Å²) in [6, 6.07) is 18.3. The monoisotopic (exact) mass is 946 g/mol. The van der Waals surface area contributed by atoms with E-state index in [1.807, 2.05) is 74.6 Å². The van der Waals surface area contributed by atoms with Crippen molar-refractivity contribution >= 4 is 56.2 Å². The van der Waals surface area contributed by atoms with Gasteiger partial charge in [-0.1, -0.05) is 88.1 Å². The smallest absolute Gasteiger partial charge is 0.305 e. The molecule has 1 aliphatic carbocycles. The summed E-state index contributed by atoms with van der Waals surface area (Å²) in [5, 5.41) is 85.0. The highest BCUT2D eigenvalue weighted by Crippen LogP contribution is 2.54. The Morgan fingerprint density at radius 2 is 1.01 bits per heavy atom. The van der Waals surface area contributed by atoms with E-state index >= 15 is 0 Å². The molecule has 7 rings (SSSR count). The van der Waals surface area contributed by atoms with Crippen LogP contribution in [0.2, 0.25) is 0 Å². The molecule has 0 saturated heterocycles. The minimum atomic E-state index is -1.46. The Morgan fingerprint density at radius 1 is 0.574 bits per heavy atom. The topological polar surface area (TPSA) is 280 Å². The van der Waals surface area contributed by atoms with E-state index in [4.69, 9.17) is 29.5 Å². The number of carbonyl (C=O) groups is 2. The first-order chi connectivity index (χ1) is 33.2. The van der Waals surface area contributed by atoms with Crippen LogP contribution in [0.5, 0.6) is 0 Å². The molecule has 1 fully saturated rings. The van der Waals surface area contributed by atoms with Gasteiger partial charge in [-0.25, -0.2) is 20.3 Å². The number of hydrogen-bond acceptors (Lipinski definition) is 22. The summed E-state index contributed by atoms with van der Waals surface area (Å²) in [4.78, 5) is 34.7. The van der Waals surface area contributed by atoms with E-state index in [1.54, 1.807) is 12.1 Å². The lowest BCUT2D eigenvalue weighted by molar-refractivity contribution is -0.691. The number of hydrogen-bond donors (Lipinski definition) is 6. The summed E-state index contributed by atoms with van der Waals surface area (Å²) in [6.45, 7) is 2.97. The normalized spacial score (nSPS) is 21.7. The van der Waals surface area contributed by atoms with Crippen LogP contribution >= 0.6 is 0 Å². The SMILES string of the molecule is CCCCCC(=O)OCC1(COC#COOOOO)Nc2cccc3ccc(C4C([O-])C(c5ccc6cccc7c6c5NC(COC#COOOOO)(COC(=O)CCCCC)N7)C4[O-])c(c23)N1. The van der Waals surface area contributed by atoms with Gasteiger partial charge < -0.3 is 50.4 Å². The molecule has 68 heavy (non-hydrogen) atoms. The second kappa shape index (κ2) is 23.5. The molecular weight excluding hydrogens is 897 g/mol. The van der Waals surface area contributed by atoms with E-state index in [0.717, 1.165) is 36.5 Å². The van der Waals surface area contributed by atoms with Crippen molar-refractivity contribution in [1.82, 2.24) is 0 Å². The van der Waals surface area contributed by atoms with Gasteiger partial charge in [-0.15, -0.1) is 12.2 Å². The second-order valence-corrected chi connectivity index (χ2v) is 16.3. The molecule has 4 aromatic carbocycles. The van der Waals surface area contributed by atoms with Crippen molar-refractivity contribution in [2.24, 2.45) is 0 Å². The molecule has 2 unspecified atom stereocenters. The zero-order valence-electron chi connectivity index (χ0n) is 37.0. The molecule has 2 aliphatic heterocycles. The fourth-order valence-corrected chi connectivity index (χ4v) is 8.72. The molecule has 2 heterocycles. The molecule has 0 bridgehead atoms. The largest absolute Gasteiger partial charge is 0.851 e. The maximum atomic E-state index is 14.9. The third-order valence-corrected chi connectivity index (χ3v) is 11.8. The van der Waals surface area contributed by atoms with Crippen LogP contribution in [0.4, 0.5) is 22.7 Å². The van der Waals surface area contributed by atoms with Gasteiger partial charge in [-0.3, -0.25) is 9.59 Å². The van der Waals surface area contributed by atoms with E-state index in [2.05, 4.69) is 73.5 Å². The van der Waals surface area contributed by atoms with Crippen LogP contribution in [0, 0.1) is 24.4 Å². The lowest BCUT2D eigenvalue weighted by Crippen LogP contribution is -2.64. The third-order valence-electron chi connectivity index (χ3n) is 11.8. The standard InChI is InChI=1S/C46H50N4O18/c1-3-5-7-15-35(51)59-27-45(25-57-21-23-61-65-67-63-55)47-33-13-9-11-29-17-19-31(41(49-45)37(29)33)39-43(53)40(44(39)54)32-20-18-30-12-10-14-34-38(30)42(32)50-46(48-34,26-58-22-24-62-66-68-64-56)28-60-36(52)16-8-6-4-2/h9-14,17-20,39-40,43-44,47-50,55-56H,3-8,15-16,25-28H2,1-2H3/q-2. The van der Waals surface area contributed by atoms with Gasteiger partial charge in [0.1, 0.15) is 26.4 Å². The molecule has 0 aromatic heterocycles. The van der Waals surface area contributed by atoms with Crippen LogP contribution in [-0.2, 0) is 68.5 Å². The second-order valence-electron chi connectivity index (χ2n) is 16.3. The number of carbonyl (C=O) groups excluding carboxylic acids is 2. The number of unbranched alkanes of at least 4 members (excludes halogenated alkanes) is 4. The maximum Gasteiger partial charge on any atom is 0.305 e. The van der Waals surface area contributed by atoms with Gasteiger partial charge in [0, 0.05) is 66.5 Å².